The number of hydrogen-bond donors (Lipinski definition) is 2. The number of nitrogens with zero attached hydrogens (tertiary/aromatic N) is 1. The van der Waals surface area contributed by atoms with Gasteiger partial charge in [0.1, 0.15) is 5.75 Å². The van der Waals surface area contributed by atoms with E-state index in [1.165, 1.54) is 17.8 Å². The molecule has 1 aromatic carbocycles. The van der Waals surface area contributed by atoms with E-state index in [9.17, 15) is 4.79 Å². The number of H-pyrrole nitrogens is 1. The van der Waals surface area contributed by atoms with E-state index in [0.29, 0.717) is 5.75 Å². The Bertz CT molecular complexity index is 698. The van der Waals surface area contributed by atoms with E-state index in [0.717, 1.165) is 31.5 Å². The van der Waals surface area contributed by atoms with Gasteiger partial charge in [-0.25, -0.2) is 4.98 Å². The number of ether oxygens (including phenoxy) is 1. The molecule has 0 bridgehead atoms. The molecule has 2 N–H and O–H groups in total. The summed E-state index contributed by atoms with van der Waals surface area (Å²) >= 11 is 0. The number of hydrogen-bond acceptors (Lipinski definition) is 4. The maximum Gasteiger partial charge on any atom is 0.301 e. The first-order chi connectivity index (χ1) is 10.3. The van der Waals surface area contributed by atoms with Crippen molar-refractivity contribution in [2.24, 2.45) is 0 Å². The summed E-state index contributed by atoms with van der Waals surface area (Å²) < 4.78 is 5.58. The molecule has 21 heavy (non-hydrogen) atoms. The lowest BCUT2D eigenvalue weighted by Crippen LogP contribution is -2.22. The normalized spacial score (nSPS) is 14.8. The van der Waals surface area contributed by atoms with Crippen LogP contribution in [-0.4, -0.2) is 23.1 Å². The molecule has 0 atom stereocenters. The van der Waals surface area contributed by atoms with Gasteiger partial charge in [-0.3, -0.25) is 9.78 Å². The van der Waals surface area contributed by atoms with Crippen molar-refractivity contribution in [2.75, 3.05) is 13.1 Å². The third-order valence-electron chi connectivity index (χ3n) is 3.34. The molecule has 108 valence electrons. The highest BCUT2D eigenvalue weighted by Gasteiger charge is 2.05. The quantitative estimate of drug-likeness (QED) is 0.907. The molecule has 5 nitrogen and oxygen atoms in total. The standard InChI is InChI=1S/C16H17N3O2/c20-15-6-9-18-16(19-15)21-14-3-1-2-13(11-14)10-12-4-7-17-8-5-12/h1-3,6,9-11,17H,4-5,7-8H2,(H,18,19,20). The van der Waals surface area contributed by atoms with Gasteiger partial charge in [0.05, 0.1) is 0 Å². The summed E-state index contributed by atoms with van der Waals surface area (Å²) in [6.07, 6.45) is 5.79. The molecule has 1 fully saturated rings. The summed E-state index contributed by atoms with van der Waals surface area (Å²) in [7, 11) is 0. The predicted octanol–water partition coefficient (Wildman–Crippen LogP) is 2.33. The van der Waals surface area contributed by atoms with Crippen LogP contribution in [0, 0.1) is 0 Å². The van der Waals surface area contributed by atoms with Gasteiger partial charge in [0.25, 0.3) is 5.56 Å². The van der Waals surface area contributed by atoms with Crippen LogP contribution in [0.1, 0.15) is 18.4 Å². The monoisotopic (exact) mass is 283 g/mol. The first-order valence-electron chi connectivity index (χ1n) is 7.03. The zero-order chi connectivity index (χ0) is 14.5. The van der Waals surface area contributed by atoms with Crippen LogP contribution in [0.5, 0.6) is 11.8 Å². The molecule has 0 saturated carbocycles. The van der Waals surface area contributed by atoms with Crippen LogP contribution in [0.15, 0.2) is 46.9 Å². The maximum absolute atomic E-state index is 11.2. The summed E-state index contributed by atoms with van der Waals surface area (Å²) in [5, 5.41) is 3.34. The van der Waals surface area contributed by atoms with Crippen molar-refractivity contribution >= 4 is 6.08 Å². The van der Waals surface area contributed by atoms with Gasteiger partial charge < -0.3 is 10.1 Å². The highest BCUT2D eigenvalue weighted by atomic mass is 16.5. The summed E-state index contributed by atoms with van der Waals surface area (Å²) in [6.45, 7) is 2.08. The zero-order valence-corrected chi connectivity index (χ0v) is 11.6. The Kier molecular flexibility index (Phi) is 4.12. The molecule has 0 amide bonds. The van der Waals surface area contributed by atoms with Gasteiger partial charge in [-0.05, 0) is 43.6 Å². The Morgan fingerprint density at radius 2 is 2.05 bits per heavy atom. The first-order valence-corrected chi connectivity index (χ1v) is 7.03. The fourth-order valence-electron chi connectivity index (χ4n) is 2.31. The number of benzene rings is 1. The third kappa shape index (κ3) is 3.79. The summed E-state index contributed by atoms with van der Waals surface area (Å²) in [4.78, 5) is 17.7. The lowest BCUT2D eigenvalue weighted by Gasteiger charge is -2.15. The van der Waals surface area contributed by atoms with E-state index in [1.54, 1.807) is 0 Å². The fourth-order valence-corrected chi connectivity index (χ4v) is 2.31. The van der Waals surface area contributed by atoms with Crippen LogP contribution in [0.3, 0.4) is 0 Å². The molecule has 1 aliphatic rings. The van der Waals surface area contributed by atoms with Crippen LogP contribution >= 0.6 is 0 Å². The number of nitrogens with one attached hydrogen (secondary N) is 2. The molecule has 2 heterocycles. The van der Waals surface area contributed by atoms with Crippen LogP contribution in [0.2, 0.25) is 0 Å². The van der Waals surface area contributed by atoms with E-state index in [1.807, 2.05) is 24.3 Å². The molecule has 0 unspecified atom stereocenters. The minimum atomic E-state index is -0.229. The predicted molar refractivity (Wildman–Crippen MR) is 81.5 cm³/mol. The minimum absolute atomic E-state index is 0.203. The van der Waals surface area contributed by atoms with Crippen molar-refractivity contribution in [3.8, 4) is 11.8 Å². The molecule has 0 radical (unpaired) electrons. The Morgan fingerprint density at radius 3 is 2.86 bits per heavy atom. The van der Waals surface area contributed by atoms with Crippen LogP contribution in [0.4, 0.5) is 0 Å². The Morgan fingerprint density at radius 1 is 1.19 bits per heavy atom. The maximum atomic E-state index is 11.2. The summed E-state index contributed by atoms with van der Waals surface area (Å²) in [6, 6.07) is 9.33. The van der Waals surface area contributed by atoms with Crippen molar-refractivity contribution in [3.63, 3.8) is 0 Å². The lowest BCUT2D eigenvalue weighted by atomic mass is 10.0. The fraction of sp³-hybridized carbons (Fsp3) is 0.250. The topological polar surface area (TPSA) is 67.0 Å². The summed E-state index contributed by atoms with van der Waals surface area (Å²) in [5.74, 6) is 0.660. The number of aromatic amines is 1. The largest absolute Gasteiger partial charge is 0.426 e. The smallest absolute Gasteiger partial charge is 0.301 e. The van der Waals surface area contributed by atoms with Gasteiger partial charge in [0.15, 0.2) is 0 Å². The average molecular weight is 283 g/mol. The third-order valence-corrected chi connectivity index (χ3v) is 3.34. The zero-order valence-electron chi connectivity index (χ0n) is 11.6. The highest BCUT2D eigenvalue weighted by Crippen LogP contribution is 2.21. The SMILES string of the molecule is O=c1ccnc(Oc2cccc(C=C3CCNCC3)c2)[nH]1. The molecule has 0 aliphatic carbocycles. The highest BCUT2D eigenvalue weighted by molar-refractivity contribution is 5.55. The van der Waals surface area contributed by atoms with Gasteiger partial charge in [0, 0.05) is 12.3 Å². The molecule has 1 aromatic heterocycles. The molecular weight excluding hydrogens is 266 g/mol. The molecular formula is C16H17N3O2. The van der Waals surface area contributed by atoms with Gasteiger partial charge in [0.2, 0.25) is 0 Å². The minimum Gasteiger partial charge on any atom is -0.426 e. The van der Waals surface area contributed by atoms with Gasteiger partial charge >= 0.3 is 6.01 Å². The number of piperidine rings is 1. The molecule has 5 heteroatoms. The second-order valence-corrected chi connectivity index (χ2v) is 4.97. The van der Waals surface area contributed by atoms with Crippen molar-refractivity contribution in [2.45, 2.75) is 12.8 Å². The van der Waals surface area contributed by atoms with Crippen molar-refractivity contribution < 1.29 is 4.74 Å². The molecule has 1 aliphatic heterocycles. The van der Waals surface area contributed by atoms with Gasteiger partial charge in [-0.1, -0.05) is 23.8 Å². The Labute approximate surface area is 122 Å². The second-order valence-electron chi connectivity index (χ2n) is 4.97. The van der Waals surface area contributed by atoms with Crippen LogP contribution in [-0.2, 0) is 0 Å². The van der Waals surface area contributed by atoms with E-state index in [4.69, 9.17) is 4.74 Å². The number of rotatable bonds is 3. The lowest BCUT2D eigenvalue weighted by molar-refractivity contribution is 0.440. The van der Waals surface area contributed by atoms with E-state index >= 15 is 0 Å². The van der Waals surface area contributed by atoms with Crippen molar-refractivity contribution in [3.05, 3.63) is 58.0 Å². The van der Waals surface area contributed by atoms with E-state index in [2.05, 4.69) is 21.4 Å². The molecule has 3 rings (SSSR count). The first kappa shape index (κ1) is 13.6. The van der Waals surface area contributed by atoms with Crippen molar-refractivity contribution in [1.29, 1.82) is 0 Å². The van der Waals surface area contributed by atoms with Crippen molar-refractivity contribution in [1.82, 2.24) is 15.3 Å². The Hall–Kier alpha value is -2.40. The second kappa shape index (κ2) is 6.37. The molecule has 0 spiro atoms. The van der Waals surface area contributed by atoms with Crippen LogP contribution in [0.25, 0.3) is 6.08 Å². The Balaban J connectivity index is 1.78. The van der Waals surface area contributed by atoms with E-state index < -0.39 is 0 Å². The number of aromatic nitrogens is 2. The van der Waals surface area contributed by atoms with Gasteiger partial charge in [-0.2, -0.15) is 0 Å². The molecule has 2 aromatic rings. The van der Waals surface area contributed by atoms with Crippen LogP contribution < -0.4 is 15.6 Å². The van der Waals surface area contributed by atoms with Gasteiger partial charge in [-0.15, -0.1) is 0 Å². The summed E-state index contributed by atoms with van der Waals surface area (Å²) in [5.41, 5.74) is 2.31. The van der Waals surface area contributed by atoms with E-state index in [-0.39, 0.29) is 11.6 Å². The average Bonchev–Trinajstić information content (AvgIpc) is 2.49. The molecule has 1 saturated heterocycles.